The van der Waals surface area contributed by atoms with Gasteiger partial charge in [-0.25, -0.2) is 9.78 Å². The second kappa shape index (κ2) is 3.89. The number of alkyl carbamates (subject to hydrolysis) is 1. The van der Waals surface area contributed by atoms with Gasteiger partial charge in [-0.3, -0.25) is 0 Å². The molecule has 0 unspecified atom stereocenters. The molecular weight excluding hydrogens is 240 g/mol. The summed E-state index contributed by atoms with van der Waals surface area (Å²) in [5.41, 5.74) is 1.63. The average molecular weight is 249 g/mol. The Labute approximate surface area is 103 Å². The number of cyclic esters (lactones) is 1. The first-order chi connectivity index (χ1) is 8.24. The standard InChI is InChI=1S/C12H9ClN2O2/c13-11-8(10-6-17-12(16)15-10)5-7-3-1-2-4-9(7)14-11/h1-5,10H,6H2,(H,15,16)/t10-/m0/s1. The van der Waals surface area contributed by atoms with Crippen molar-refractivity contribution in [2.24, 2.45) is 0 Å². The van der Waals surface area contributed by atoms with Crippen molar-refractivity contribution in [3.63, 3.8) is 0 Å². The fourth-order valence-corrected chi connectivity index (χ4v) is 2.18. The highest BCUT2D eigenvalue weighted by molar-refractivity contribution is 6.30. The number of carbonyl (C=O) groups excluding carboxylic acids is 1. The van der Waals surface area contributed by atoms with Gasteiger partial charge in [0, 0.05) is 10.9 Å². The third-order valence-electron chi connectivity index (χ3n) is 2.75. The van der Waals surface area contributed by atoms with Gasteiger partial charge < -0.3 is 10.1 Å². The van der Waals surface area contributed by atoms with Crippen LogP contribution in [0.5, 0.6) is 0 Å². The number of hydrogen-bond donors (Lipinski definition) is 1. The van der Waals surface area contributed by atoms with E-state index in [1.165, 1.54) is 0 Å². The van der Waals surface area contributed by atoms with Gasteiger partial charge in [0.25, 0.3) is 0 Å². The Morgan fingerprint density at radius 1 is 1.41 bits per heavy atom. The third-order valence-corrected chi connectivity index (χ3v) is 3.06. The maximum absolute atomic E-state index is 11.0. The fraction of sp³-hybridized carbons (Fsp3) is 0.167. The Morgan fingerprint density at radius 2 is 2.24 bits per heavy atom. The van der Waals surface area contributed by atoms with Crippen LogP contribution in [-0.4, -0.2) is 17.7 Å². The van der Waals surface area contributed by atoms with Crippen molar-refractivity contribution in [2.45, 2.75) is 6.04 Å². The normalized spacial score (nSPS) is 19.1. The van der Waals surface area contributed by atoms with E-state index in [2.05, 4.69) is 10.3 Å². The molecule has 17 heavy (non-hydrogen) atoms. The van der Waals surface area contributed by atoms with Crippen molar-refractivity contribution in [3.05, 3.63) is 41.0 Å². The smallest absolute Gasteiger partial charge is 0.407 e. The first kappa shape index (κ1) is 10.4. The number of halogens is 1. The molecule has 3 rings (SSSR count). The van der Waals surface area contributed by atoms with Crippen LogP contribution >= 0.6 is 11.6 Å². The molecule has 0 spiro atoms. The van der Waals surface area contributed by atoms with Crippen LogP contribution in [0.1, 0.15) is 11.6 Å². The van der Waals surface area contributed by atoms with Gasteiger partial charge in [0.1, 0.15) is 11.8 Å². The average Bonchev–Trinajstić information content (AvgIpc) is 2.75. The number of ether oxygens (including phenoxy) is 1. The first-order valence-electron chi connectivity index (χ1n) is 5.22. The molecule has 1 amide bonds. The summed E-state index contributed by atoms with van der Waals surface area (Å²) in [6.45, 7) is 0.290. The van der Waals surface area contributed by atoms with Gasteiger partial charge in [-0.15, -0.1) is 0 Å². The van der Waals surface area contributed by atoms with Crippen molar-refractivity contribution >= 4 is 28.6 Å². The molecule has 1 N–H and O–H groups in total. The van der Waals surface area contributed by atoms with Crippen molar-refractivity contribution in [2.75, 3.05) is 6.61 Å². The zero-order valence-corrected chi connectivity index (χ0v) is 9.57. The number of benzene rings is 1. The van der Waals surface area contributed by atoms with Gasteiger partial charge >= 0.3 is 6.09 Å². The Bertz CT molecular complexity index is 600. The highest BCUT2D eigenvalue weighted by Gasteiger charge is 2.26. The number of hydrogen-bond acceptors (Lipinski definition) is 3. The molecule has 1 fully saturated rings. The summed E-state index contributed by atoms with van der Waals surface area (Å²) in [5.74, 6) is 0. The van der Waals surface area contributed by atoms with Crippen LogP contribution in [0.4, 0.5) is 4.79 Å². The molecule has 0 radical (unpaired) electrons. The first-order valence-corrected chi connectivity index (χ1v) is 5.60. The summed E-state index contributed by atoms with van der Waals surface area (Å²) in [6.07, 6.45) is -0.417. The number of fused-ring (bicyclic) bond motifs is 1. The highest BCUT2D eigenvalue weighted by Crippen LogP contribution is 2.27. The summed E-state index contributed by atoms with van der Waals surface area (Å²) >= 11 is 6.11. The molecule has 0 aliphatic carbocycles. The van der Waals surface area contributed by atoms with Gasteiger partial charge in [0.2, 0.25) is 0 Å². The van der Waals surface area contributed by atoms with Crippen molar-refractivity contribution in [3.8, 4) is 0 Å². The molecular formula is C12H9ClN2O2. The van der Waals surface area contributed by atoms with E-state index >= 15 is 0 Å². The van der Waals surface area contributed by atoms with Gasteiger partial charge in [-0.05, 0) is 12.1 Å². The van der Waals surface area contributed by atoms with Gasteiger partial charge in [0.05, 0.1) is 11.6 Å². The predicted molar refractivity (Wildman–Crippen MR) is 64.0 cm³/mol. The van der Waals surface area contributed by atoms with Crippen molar-refractivity contribution in [1.82, 2.24) is 10.3 Å². The molecule has 1 aromatic carbocycles. The Kier molecular flexibility index (Phi) is 2.37. The van der Waals surface area contributed by atoms with Crippen molar-refractivity contribution in [1.29, 1.82) is 0 Å². The third kappa shape index (κ3) is 1.80. The van der Waals surface area contributed by atoms with Crippen LogP contribution in [0, 0.1) is 0 Å². The van der Waals surface area contributed by atoms with E-state index in [1.807, 2.05) is 30.3 Å². The molecule has 4 nitrogen and oxygen atoms in total. The maximum atomic E-state index is 11.0. The molecule has 1 aliphatic heterocycles. The predicted octanol–water partition coefficient (Wildman–Crippen LogP) is 2.67. The lowest BCUT2D eigenvalue weighted by Crippen LogP contribution is -2.18. The molecule has 86 valence electrons. The van der Waals surface area contributed by atoms with E-state index < -0.39 is 6.09 Å². The second-order valence-corrected chi connectivity index (χ2v) is 4.21. The lowest BCUT2D eigenvalue weighted by atomic mass is 10.1. The quantitative estimate of drug-likeness (QED) is 0.790. The minimum absolute atomic E-state index is 0.216. The zero-order valence-electron chi connectivity index (χ0n) is 8.81. The lowest BCUT2D eigenvalue weighted by molar-refractivity contribution is 0.177. The summed E-state index contributed by atoms with van der Waals surface area (Å²) in [7, 11) is 0. The van der Waals surface area contributed by atoms with E-state index in [9.17, 15) is 4.79 Å². The molecule has 1 aliphatic rings. The lowest BCUT2D eigenvalue weighted by Gasteiger charge is -2.10. The Hall–Kier alpha value is -1.81. The largest absolute Gasteiger partial charge is 0.447 e. The number of carbonyl (C=O) groups is 1. The fourth-order valence-electron chi connectivity index (χ4n) is 1.91. The van der Waals surface area contributed by atoms with E-state index in [4.69, 9.17) is 16.3 Å². The number of aromatic nitrogens is 1. The number of rotatable bonds is 1. The molecule has 1 saturated heterocycles. The van der Waals surface area contributed by atoms with E-state index in [1.54, 1.807) is 0 Å². The zero-order chi connectivity index (χ0) is 11.8. The van der Waals surface area contributed by atoms with E-state index in [0.29, 0.717) is 11.8 Å². The molecule has 1 atom stereocenters. The summed E-state index contributed by atoms with van der Waals surface area (Å²) in [4.78, 5) is 15.3. The van der Waals surface area contributed by atoms with Crippen molar-refractivity contribution < 1.29 is 9.53 Å². The minimum Gasteiger partial charge on any atom is -0.447 e. The van der Waals surface area contributed by atoms with Crippen LogP contribution in [0.25, 0.3) is 10.9 Å². The van der Waals surface area contributed by atoms with Gasteiger partial charge in [-0.2, -0.15) is 0 Å². The molecule has 0 saturated carbocycles. The van der Waals surface area contributed by atoms with Crippen LogP contribution in [0.15, 0.2) is 30.3 Å². The molecule has 2 heterocycles. The molecule has 1 aromatic heterocycles. The van der Waals surface area contributed by atoms with Gasteiger partial charge in [-0.1, -0.05) is 29.8 Å². The number of para-hydroxylation sites is 1. The van der Waals surface area contributed by atoms with Crippen LogP contribution < -0.4 is 5.32 Å². The maximum Gasteiger partial charge on any atom is 0.407 e. The minimum atomic E-state index is -0.417. The monoisotopic (exact) mass is 248 g/mol. The second-order valence-electron chi connectivity index (χ2n) is 3.86. The van der Waals surface area contributed by atoms with Crippen LogP contribution in [0.2, 0.25) is 5.15 Å². The van der Waals surface area contributed by atoms with Gasteiger partial charge in [0.15, 0.2) is 0 Å². The SMILES string of the molecule is O=C1N[C@H](c2cc3ccccc3nc2Cl)CO1. The van der Waals surface area contributed by atoms with Crippen LogP contribution in [-0.2, 0) is 4.74 Å². The topological polar surface area (TPSA) is 51.2 Å². The molecule has 0 bridgehead atoms. The molecule has 2 aromatic rings. The number of pyridine rings is 1. The van der Waals surface area contributed by atoms with Crippen LogP contribution in [0.3, 0.4) is 0 Å². The molecule has 5 heteroatoms. The number of nitrogens with zero attached hydrogens (tertiary/aromatic N) is 1. The summed E-state index contributed by atoms with van der Waals surface area (Å²) in [6, 6.07) is 9.42. The van der Waals surface area contributed by atoms with E-state index in [0.717, 1.165) is 16.5 Å². The highest BCUT2D eigenvalue weighted by atomic mass is 35.5. The summed E-state index contributed by atoms with van der Waals surface area (Å²) in [5, 5.41) is 4.09. The summed E-state index contributed by atoms with van der Waals surface area (Å²) < 4.78 is 4.85. The Morgan fingerprint density at radius 3 is 3.00 bits per heavy atom. The Balaban J connectivity index is 2.10. The number of amides is 1. The number of nitrogens with one attached hydrogen (secondary N) is 1. The van der Waals surface area contributed by atoms with E-state index in [-0.39, 0.29) is 6.04 Å².